The fourth-order valence-electron chi connectivity index (χ4n) is 9.18. The first-order valence-electron chi connectivity index (χ1n) is 19.4. The Kier molecular flexibility index (Phi) is 9.96. The molecule has 2 aliphatic rings. The Morgan fingerprint density at radius 3 is 2.34 bits per heavy atom. The number of fused-ring (bicyclic) bond motifs is 4. The van der Waals surface area contributed by atoms with Crippen LogP contribution in [-0.2, 0) is 27.1 Å². The van der Waals surface area contributed by atoms with Crippen LogP contribution < -0.4 is 9.64 Å². The summed E-state index contributed by atoms with van der Waals surface area (Å²) in [4.78, 5) is 32.1. The van der Waals surface area contributed by atoms with Gasteiger partial charge in [0.05, 0.1) is 34.0 Å². The van der Waals surface area contributed by atoms with Crippen LogP contribution in [0.5, 0.6) is 5.75 Å². The van der Waals surface area contributed by atoms with Crippen molar-refractivity contribution in [3.05, 3.63) is 97.5 Å². The summed E-state index contributed by atoms with van der Waals surface area (Å²) in [7, 11) is 3.71. The van der Waals surface area contributed by atoms with Crippen molar-refractivity contribution in [2.75, 3.05) is 31.1 Å². The van der Waals surface area contributed by atoms with Crippen molar-refractivity contribution in [2.24, 2.45) is 14.1 Å². The molecule has 3 aromatic heterocycles. The van der Waals surface area contributed by atoms with E-state index in [1.165, 1.54) is 0 Å². The second kappa shape index (κ2) is 14.6. The van der Waals surface area contributed by atoms with E-state index in [-0.39, 0.29) is 17.6 Å². The summed E-state index contributed by atoms with van der Waals surface area (Å²) < 4.78 is 12.0. The number of carbonyl (C=O) groups is 2. The van der Waals surface area contributed by atoms with Crippen LogP contribution in [0.4, 0.5) is 5.69 Å². The molecular formula is C44H48Cl2N6O4. The Hall–Kier alpha value is -4.77. The summed E-state index contributed by atoms with van der Waals surface area (Å²) in [5.74, 6) is -0.367. The Bertz CT molecular complexity index is 2550. The van der Waals surface area contributed by atoms with Gasteiger partial charge in [-0.1, -0.05) is 29.3 Å². The first-order chi connectivity index (χ1) is 26.7. The van der Waals surface area contributed by atoms with Crippen molar-refractivity contribution >= 4 is 62.6 Å². The van der Waals surface area contributed by atoms with Gasteiger partial charge in [-0.05, 0) is 132 Å². The topological polar surface area (TPSA) is 97.8 Å². The van der Waals surface area contributed by atoms with Gasteiger partial charge in [-0.15, -0.1) is 0 Å². The average molecular weight is 796 g/mol. The minimum Gasteiger partial charge on any atom is -0.494 e. The second-order valence-electron chi connectivity index (χ2n) is 15.7. The predicted octanol–water partition coefficient (Wildman–Crippen LogP) is 9.60. The molecule has 5 heterocycles. The number of aromatic nitrogens is 4. The van der Waals surface area contributed by atoms with Crippen molar-refractivity contribution in [1.29, 1.82) is 0 Å². The number of likely N-dealkylation sites (tertiary alicyclic amines) is 1. The molecule has 1 amide bonds. The lowest BCUT2D eigenvalue weighted by molar-refractivity contribution is 0.0687. The van der Waals surface area contributed by atoms with Crippen molar-refractivity contribution in [3.63, 3.8) is 0 Å². The normalized spacial score (nSPS) is 16.1. The van der Waals surface area contributed by atoms with Gasteiger partial charge in [-0.25, -0.2) is 4.79 Å². The smallest absolute Gasteiger partial charge is 0.352 e. The highest BCUT2D eigenvalue weighted by Crippen LogP contribution is 2.46. The number of hydrogen-bond acceptors (Lipinski definition) is 5. The van der Waals surface area contributed by atoms with Gasteiger partial charge >= 0.3 is 5.97 Å². The number of rotatable bonds is 10. The molecule has 292 valence electrons. The number of aryl methyl sites for hydroxylation is 6. The van der Waals surface area contributed by atoms with Crippen LogP contribution in [0.15, 0.2) is 42.5 Å². The number of carboxylic acid groups (broad SMARTS) is 1. The van der Waals surface area contributed by atoms with Crippen molar-refractivity contribution < 1.29 is 19.4 Å². The minimum atomic E-state index is -1.01. The molecule has 12 heteroatoms. The first-order valence-corrected chi connectivity index (χ1v) is 20.2. The molecular weight excluding hydrogens is 747 g/mol. The summed E-state index contributed by atoms with van der Waals surface area (Å²) in [6, 6.07) is 13.7. The fraction of sp³-hybridized carbons (Fsp3) is 0.386. The maximum absolute atomic E-state index is 15.4. The van der Waals surface area contributed by atoms with Crippen LogP contribution in [0.2, 0.25) is 10.0 Å². The Balaban J connectivity index is 1.28. The number of amides is 1. The van der Waals surface area contributed by atoms with Crippen LogP contribution in [0.25, 0.3) is 32.9 Å². The zero-order chi connectivity index (χ0) is 39.7. The number of nitrogens with zero attached hydrogens (tertiary/aromatic N) is 6. The quantitative estimate of drug-likeness (QED) is 0.139. The molecule has 6 aromatic rings. The number of ether oxygens (including phenoxy) is 1. The second-order valence-corrected chi connectivity index (χ2v) is 16.5. The lowest BCUT2D eigenvalue weighted by Crippen LogP contribution is -2.43. The summed E-state index contributed by atoms with van der Waals surface area (Å²) in [6.45, 7) is 13.8. The third-order valence-corrected chi connectivity index (χ3v) is 12.8. The number of benzene rings is 3. The van der Waals surface area contributed by atoms with E-state index >= 15 is 4.79 Å². The third-order valence-electron chi connectivity index (χ3n) is 11.8. The Labute approximate surface area is 337 Å². The number of hydrogen-bond donors (Lipinski definition) is 1. The van der Waals surface area contributed by atoms with E-state index in [1.807, 2.05) is 68.6 Å². The highest BCUT2D eigenvalue weighted by molar-refractivity contribution is 6.35. The van der Waals surface area contributed by atoms with Gasteiger partial charge in [0.2, 0.25) is 0 Å². The molecule has 0 aliphatic carbocycles. The Morgan fingerprint density at radius 2 is 1.68 bits per heavy atom. The predicted molar refractivity (Wildman–Crippen MR) is 224 cm³/mol. The summed E-state index contributed by atoms with van der Waals surface area (Å²) in [5.41, 5.74) is 10.8. The summed E-state index contributed by atoms with van der Waals surface area (Å²) in [5, 5.41) is 18.0. The molecule has 10 nitrogen and oxygen atoms in total. The molecule has 0 spiro atoms. The molecule has 0 bridgehead atoms. The van der Waals surface area contributed by atoms with Crippen LogP contribution in [0.3, 0.4) is 0 Å². The number of carboxylic acids is 1. The number of anilines is 1. The van der Waals surface area contributed by atoms with E-state index in [0.717, 1.165) is 116 Å². The molecule has 0 unspecified atom stereocenters. The SMILES string of the molecule is Cc1cc(OCCCc2c3n(c4c(-c5c(C)nn(C)c5C)c(Cl)ccc24)[C@H](C)CN(c2cc(CN4CCCC4)cc4cc(C(=O)O)n(C)c24)C3=O)cc(C)c1Cl. The lowest BCUT2D eigenvalue weighted by Gasteiger charge is -2.35. The van der Waals surface area contributed by atoms with E-state index in [0.29, 0.717) is 36.7 Å². The van der Waals surface area contributed by atoms with Crippen LogP contribution >= 0.6 is 23.2 Å². The van der Waals surface area contributed by atoms with E-state index in [2.05, 4.69) is 28.5 Å². The van der Waals surface area contributed by atoms with E-state index in [1.54, 1.807) is 17.7 Å². The highest BCUT2D eigenvalue weighted by atomic mass is 35.5. The number of aromatic carboxylic acids is 1. The fourth-order valence-corrected chi connectivity index (χ4v) is 9.54. The van der Waals surface area contributed by atoms with E-state index < -0.39 is 5.97 Å². The molecule has 0 saturated carbocycles. The maximum atomic E-state index is 15.4. The van der Waals surface area contributed by atoms with E-state index in [9.17, 15) is 9.90 Å². The average Bonchev–Trinajstić information content (AvgIpc) is 3.92. The molecule has 56 heavy (non-hydrogen) atoms. The molecule has 0 radical (unpaired) electrons. The standard InChI is InChI=1S/C44H48Cl2N6O4/c1-24-17-31(18-25(2)39(24)46)56-16-10-11-32-33-12-13-34(45)38(37-27(4)47-49(7)28(37)5)41(33)52-26(3)22-51(43(53)42(32)52)35-20-29(23-50-14-8-9-15-50)19-30-21-36(44(54)55)48(6)40(30)35/h12-13,17-21,26H,8-11,14-16,22-23H2,1-7H3,(H,54,55)/t26-/m1/s1. The molecule has 2 aliphatic heterocycles. The molecule has 1 N–H and O–H groups in total. The third kappa shape index (κ3) is 6.36. The van der Waals surface area contributed by atoms with Crippen molar-refractivity contribution in [1.82, 2.24) is 23.8 Å². The highest BCUT2D eigenvalue weighted by Gasteiger charge is 2.38. The summed E-state index contributed by atoms with van der Waals surface area (Å²) >= 11 is 13.6. The van der Waals surface area contributed by atoms with Crippen LogP contribution in [-0.4, -0.2) is 67.0 Å². The van der Waals surface area contributed by atoms with Crippen molar-refractivity contribution in [2.45, 2.75) is 72.9 Å². The maximum Gasteiger partial charge on any atom is 0.352 e. The van der Waals surface area contributed by atoms with E-state index in [4.69, 9.17) is 33.0 Å². The number of halogens is 2. The van der Waals surface area contributed by atoms with Gasteiger partial charge in [0.15, 0.2) is 0 Å². The Morgan fingerprint density at radius 1 is 0.964 bits per heavy atom. The monoisotopic (exact) mass is 794 g/mol. The van der Waals surface area contributed by atoms with Crippen molar-refractivity contribution in [3.8, 4) is 16.9 Å². The van der Waals surface area contributed by atoms with Gasteiger partial charge in [0.25, 0.3) is 5.91 Å². The van der Waals surface area contributed by atoms with Gasteiger partial charge in [-0.3, -0.25) is 14.4 Å². The largest absolute Gasteiger partial charge is 0.494 e. The van der Waals surface area contributed by atoms with Gasteiger partial charge < -0.3 is 23.9 Å². The molecule has 1 fully saturated rings. The molecule has 1 atom stereocenters. The zero-order valence-corrected chi connectivity index (χ0v) is 34.6. The zero-order valence-electron chi connectivity index (χ0n) is 33.1. The molecule has 1 saturated heterocycles. The first kappa shape index (κ1) is 38.1. The van der Waals surface area contributed by atoms with Gasteiger partial charge in [0, 0.05) is 65.8 Å². The minimum absolute atomic E-state index is 0.126. The van der Waals surface area contributed by atoms with Gasteiger partial charge in [-0.2, -0.15) is 5.10 Å². The van der Waals surface area contributed by atoms with Crippen LogP contribution in [0, 0.1) is 27.7 Å². The molecule has 8 rings (SSSR count). The molecule has 3 aromatic carbocycles. The number of carbonyl (C=O) groups excluding carboxylic acids is 1. The van der Waals surface area contributed by atoms with Crippen LogP contribution in [0.1, 0.15) is 86.8 Å². The summed E-state index contributed by atoms with van der Waals surface area (Å²) in [6.07, 6.45) is 3.56. The van der Waals surface area contributed by atoms with Gasteiger partial charge in [0.1, 0.15) is 17.1 Å². The lowest BCUT2D eigenvalue weighted by atomic mass is 9.98.